The van der Waals surface area contributed by atoms with Crippen molar-refractivity contribution >= 4 is 17.9 Å². The Morgan fingerprint density at radius 1 is 1.22 bits per heavy atom. The van der Waals surface area contributed by atoms with Crippen molar-refractivity contribution in [2.24, 2.45) is 4.99 Å². The van der Waals surface area contributed by atoms with Gasteiger partial charge in [0.2, 0.25) is 0 Å². The standard InChI is InChI=1S/C19H25N5O3/c1-22-16-15(17(25)23(2)19(22)26)24(12-13-7-4-3-5-8-13)18(21-16)20-11-14-9-6-10-27-14/h3-5,7-8,14-16H,6,9-12H2,1-2H3,(H,20,21). The number of hydrogen-bond donors (Lipinski definition) is 1. The minimum Gasteiger partial charge on any atom is -0.376 e. The molecule has 8 nitrogen and oxygen atoms in total. The molecule has 3 heterocycles. The normalized spacial score (nSPS) is 29.5. The monoisotopic (exact) mass is 371 g/mol. The molecule has 3 saturated heterocycles. The third-order valence-electron chi connectivity index (χ3n) is 5.44. The summed E-state index contributed by atoms with van der Waals surface area (Å²) in [7, 11) is 3.24. The second kappa shape index (κ2) is 7.19. The fourth-order valence-electron chi connectivity index (χ4n) is 3.89. The summed E-state index contributed by atoms with van der Waals surface area (Å²) >= 11 is 0. The molecule has 1 aromatic rings. The van der Waals surface area contributed by atoms with Gasteiger partial charge in [-0.1, -0.05) is 30.3 Å². The van der Waals surface area contributed by atoms with Crippen LogP contribution in [0.4, 0.5) is 4.79 Å². The molecule has 144 valence electrons. The Bertz CT molecular complexity index is 747. The molecule has 3 fully saturated rings. The van der Waals surface area contributed by atoms with E-state index in [9.17, 15) is 9.59 Å². The highest BCUT2D eigenvalue weighted by Crippen LogP contribution is 2.26. The van der Waals surface area contributed by atoms with Gasteiger partial charge in [-0.25, -0.2) is 4.79 Å². The van der Waals surface area contributed by atoms with E-state index < -0.39 is 12.2 Å². The molecule has 27 heavy (non-hydrogen) atoms. The minimum absolute atomic E-state index is 0.123. The number of imide groups is 1. The van der Waals surface area contributed by atoms with Crippen molar-refractivity contribution < 1.29 is 14.3 Å². The third-order valence-corrected chi connectivity index (χ3v) is 5.44. The van der Waals surface area contributed by atoms with Crippen LogP contribution in [-0.2, 0) is 16.1 Å². The number of hydrogen-bond acceptors (Lipinski definition) is 4. The van der Waals surface area contributed by atoms with Crippen LogP contribution < -0.4 is 5.32 Å². The molecule has 3 amide bonds. The smallest absolute Gasteiger partial charge is 0.327 e. The molecule has 1 N–H and O–H groups in total. The first kappa shape index (κ1) is 17.8. The second-order valence-electron chi connectivity index (χ2n) is 7.24. The van der Waals surface area contributed by atoms with Gasteiger partial charge in [-0.3, -0.25) is 14.7 Å². The molecule has 0 saturated carbocycles. The minimum atomic E-state index is -0.499. The summed E-state index contributed by atoms with van der Waals surface area (Å²) in [4.78, 5) is 34.7. The second-order valence-corrected chi connectivity index (χ2v) is 7.24. The van der Waals surface area contributed by atoms with E-state index in [-0.39, 0.29) is 18.0 Å². The maximum absolute atomic E-state index is 12.9. The zero-order valence-electron chi connectivity index (χ0n) is 15.7. The maximum Gasteiger partial charge on any atom is 0.327 e. The molecule has 4 rings (SSSR count). The molecule has 0 aromatic heterocycles. The first-order valence-electron chi connectivity index (χ1n) is 9.34. The van der Waals surface area contributed by atoms with Gasteiger partial charge in [0.25, 0.3) is 5.91 Å². The number of ether oxygens (including phenoxy) is 1. The quantitative estimate of drug-likeness (QED) is 0.849. The van der Waals surface area contributed by atoms with E-state index >= 15 is 0 Å². The molecule has 3 aliphatic heterocycles. The van der Waals surface area contributed by atoms with E-state index in [4.69, 9.17) is 9.73 Å². The summed E-state index contributed by atoms with van der Waals surface area (Å²) in [5.74, 6) is 0.432. The van der Waals surface area contributed by atoms with Crippen LogP contribution in [0.3, 0.4) is 0 Å². The van der Waals surface area contributed by atoms with Crippen molar-refractivity contribution in [2.75, 3.05) is 27.2 Å². The van der Waals surface area contributed by atoms with Crippen LogP contribution >= 0.6 is 0 Å². The van der Waals surface area contributed by atoms with Gasteiger partial charge in [-0.15, -0.1) is 0 Å². The van der Waals surface area contributed by atoms with Crippen LogP contribution in [0.25, 0.3) is 0 Å². The molecule has 0 radical (unpaired) electrons. The fourth-order valence-corrected chi connectivity index (χ4v) is 3.89. The highest BCUT2D eigenvalue weighted by molar-refractivity contribution is 6.04. The predicted octanol–water partition coefficient (Wildman–Crippen LogP) is 0.845. The van der Waals surface area contributed by atoms with Gasteiger partial charge >= 0.3 is 6.03 Å². The van der Waals surface area contributed by atoms with Gasteiger partial charge in [-0.2, -0.15) is 0 Å². The number of carbonyl (C=O) groups is 2. The summed E-state index contributed by atoms with van der Waals surface area (Å²) in [5, 5.41) is 3.30. The van der Waals surface area contributed by atoms with E-state index in [0.717, 1.165) is 25.0 Å². The van der Waals surface area contributed by atoms with Crippen LogP contribution in [0, 0.1) is 0 Å². The number of fused-ring (bicyclic) bond motifs is 1. The number of urea groups is 1. The Morgan fingerprint density at radius 3 is 2.70 bits per heavy atom. The molecular weight excluding hydrogens is 346 g/mol. The van der Waals surface area contributed by atoms with Crippen molar-refractivity contribution in [2.45, 2.75) is 37.7 Å². The van der Waals surface area contributed by atoms with Gasteiger partial charge in [-0.05, 0) is 18.4 Å². The summed E-state index contributed by atoms with van der Waals surface area (Å²) < 4.78 is 5.67. The van der Waals surface area contributed by atoms with Crippen molar-refractivity contribution in [3.63, 3.8) is 0 Å². The molecular formula is C19H25N5O3. The first-order chi connectivity index (χ1) is 13.1. The van der Waals surface area contributed by atoms with Crippen LogP contribution in [0.2, 0.25) is 0 Å². The number of benzene rings is 1. The maximum atomic E-state index is 12.9. The van der Waals surface area contributed by atoms with Gasteiger partial charge in [0.15, 0.2) is 12.0 Å². The third kappa shape index (κ3) is 3.25. The highest BCUT2D eigenvalue weighted by atomic mass is 16.5. The molecule has 3 unspecified atom stereocenters. The summed E-state index contributed by atoms with van der Waals surface area (Å²) in [6.07, 6.45) is 1.76. The SMILES string of the molecule is CN1C(=O)C2C(NC(=NCC3CCCO3)N2Cc2ccccc2)N(C)C1=O. The van der Waals surface area contributed by atoms with E-state index in [1.165, 1.54) is 11.9 Å². The molecule has 3 atom stereocenters. The Kier molecular flexibility index (Phi) is 4.73. The first-order valence-corrected chi connectivity index (χ1v) is 9.34. The van der Waals surface area contributed by atoms with E-state index in [0.29, 0.717) is 19.0 Å². The molecule has 0 bridgehead atoms. The average Bonchev–Trinajstić information content (AvgIpc) is 3.32. The number of guanidine groups is 1. The lowest BCUT2D eigenvalue weighted by atomic mass is 10.1. The Labute approximate surface area is 158 Å². The molecule has 8 heteroatoms. The van der Waals surface area contributed by atoms with Gasteiger partial charge in [0, 0.05) is 27.2 Å². The van der Waals surface area contributed by atoms with Crippen molar-refractivity contribution in [3.8, 4) is 0 Å². The predicted molar refractivity (Wildman–Crippen MR) is 99.9 cm³/mol. The van der Waals surface area contributed by atoms with E-state index in [1.54, 1.807) is 11.9 Å². The lowest BCUT2D eigenvalue weighted by Gasteiger charge is -2.39. The fraction of sp³-hybridized carbons (Fsp3) is 0.526. The summed E-state index contributed by atoms with van der Waals surface area (Å²) in [6.45, 7) is 1.87. The van der Waals surface area contributed by atoms with Gasteiger partial charge in [0.1, 0.15) is 6.17 Å². The number of likely N-dealkylation sites (N-methyl/N-ethyl adjacent to an activating group) is 2. The lowest BCUT2D eigenvalue weighted by Crippen LogP contribution is -2.65. The number of nitrogens with one attached hydrogen (secondary N) is 1. The number of carbonyl (C=O) groups excluding carboxylic acids is 2. The zero-order chi connectivity index (χ0) is 19.0. The molecule has 1 aromatic carbocycles. The number of nitrogens with zero attached hydrogens (tertiary/aromatic N) is 4. The molecule has 0 spiro atoms. The van der Waals surface area contributed by atoms with Crippen molar-refractivity contribution in [3.05, 3.63) is 35.9 Å². The Balaban J connectivity index is 1.63. The van der Waals surface area contributed by atoms with Gasteiger partial charge < -0.3 is 19.9 Å². The largest absolute Gasteiger partial charge is 0.376 e. The number of amides is 3. The topological polar surface area (TPSA) is 77.5 Å². The highest BCUT2D eigenvalue weighted by Gasteiger charge is 2.52. The van der Waals surface area contributed by atoms with E-state index in [1.807, 2.05) is 35.2 Å². The molecule has 3 aliphatic rings. The van der Waals surface area contributed by atoms with Crippen LogP contribution in [0.5, 0.6) is 0 Å². The number of aliphatic imine (C=N–C) groups is 1. The number of rotatable bonds is 4. The van der Waals surface area contributed by atoms with Gasteiger partial charge in [0.05, 0.1) is 12.6 Å². The summed E-state index contributed by atoms with van der Waals surface area (Å²) in [5.41, 5.74) is 1.08. The van der Waals surface area contributed by atoms with Crippen LogP contribution in [-0.4, -0.2) is 78.2 Å². The van der Waals surface area contributed by atoms with Crippen LogP contribution in [0.15, 0.2) is 35.3 Å². The Hall–Kier alpha value is -2.61. The Morgan fingerprint density at radius 2 is 2.00 bits per heavy atom. The van der Waals surface area contributed by atoms with Crippen molar-refractivity contribution in [1.29, 1.82) is 0 Å². The van der Waals surface area contributed by atoms with E-state index in [2.05, 4.69) is 5.32 Å². The average molecular weight is 371 g/mol. The van der Waals surface area contributed by atoms with Crippen molar-refractivity contribution in [1.82, 2.24) is 20.0 Å². The van der Waals surface area contributed by atoms with Crippen LogP contribution in [0.1, 0.15) is 18.4 Å². The molecule has 0 aliphatic carbocycles. The summed E-state index contributed by atoms with van der Waals surface area (Å²) in [6, 6.07) is 9.16. The lowest BCUT2D eigenvalue weighted by molar-refractivity contribution is -0.136. The zero-order valence-corrected chi connectivity index (χ0v) is 15.7.